The first kappa shape index (κ1) is 23.2. The van der Waals surface area contributed by atoms with Crippen molar-refractivity contribution in [1.29, 1.82) is 0 Å². The van der Waals surface area contributed by atoms with Gasteiger partial charge >= 0.3 is 6.18 Å². The number of halogens is 7. The Labute approximate surface area is 186 Å². The molecule has 0 amide bonds. The summed E-state index contributed by atoms with van der Waals surface area (Å²) in [6.07, 6.45) is -0.909. The van der Waals surface area contributed by atoms with E-state index in [0.717, 1.165) is 43.2 Å². The average Bonchev–Trinajstić information content (AvgIpc) is 2.72. The molecule has 172 valence electrons. The van der Waals surface area contributed by atoms with Gasteiger partial charge in [-0.05, 0) is 65.5 Å². The zero-order chi connectivity index (χ0) is 23.9. The molecule has 1 fully saturated rings. The third-order valence-electron chi connectivity index (χ3n) is 6.20. The highest BCUT2D eigenvalue weighted by atomic mass is 19.4. The maximum absolute atomic E-state index is 14.9. The van der Waals surface area contributed by atoms with Crippen LogP contribution >= 0.6 is 0 Å². The fraction of sp³-hybridized carbons (Fsp3) is 0.308. The number of hydrogen-bond donors (Lipinski definition) is 0. The molecule has 0 aromatic heterocycles. The van der Waals surface area contributed by atoms with Crippen LogP contribution < -0.4 is 0 Å². The smallest absolute Gasteiger partial charge is 0.206 e. The van der Waals surface area contributed by atoms with Crippen molar-refractivity contribution < 1.29 is 30.7 Å². The quantitative estimate of drug-likeness (QED) is 0.265. The molecule has 0 nitrogen and oxygen atoms in total. The van der Waals surface area contributed by atoms with Crippen molar-refractivity contribution in [2.24, 2.45) is 5.92 Å². The van der Waals surface area contributed by atoms with E-state index in [1.54, 1.807) is 6.07 Å². The highest BCUT2D eigenvalue weighted by Crippen LogP contribution is 2.38. The highest BCUT2D eigenvalue weighted by molar-refractivity contribution is 5.90. The number of alkyl halides is 3. The maximum atomic E-state index is 14.9. The zero-order valence-electron chi connectivity index (χ0n) is 17.6. The van der Waals surface area contributed by atoms with E-state index in [1.807, 2.05) is 0 Å². The Morgan fingerprint density at radius 3 is 2.15 bits per heavy atom. The van der Waals surface area contributed by atoms with Crippen molar-refractivity contribution in [2.45, 2.75) is 44.7 Å². The van der Waals surface area contributed by atoms with Gasteiger partial charge in [0, 0.05) is 11.5 Å². The van der Waals surface area contributed by atoms with E-state index in [1.165, 1.54) is 24.1 Å². The van der Waals surface area contributed by atoms with Gasteiger partial charge in [-0.3, -0.25) is 0 Å². The second-order valence-corrected chi connectivity index (χ2v) is 8.55. The van der Waals surface area contributed by atoms with Crippen LogP contribution in [0.1, 0.15) is 49.7 Å². The van der Waals surface area contributed by atoms with E-state index in [4.69, 9.17) is 0 Å². The fourth-order valence-electron chi connectivity index (χ4n) is 4.43. The number of fused-ring (bicyclic) bond motifs is 1. The second-order valence-electron chi connectivity index (χ2n) is 8.55. The molecule has 0 unspecified atom stereocenters. The molecule has 0 heterocycles. The molecule has 0 radical (unpaired) electrons. The van der Waals surface area contributed by atoms with Gasteiger partial charge in [-0.15, -0.1) is 0 Å². The van der Waals surface area contributed by atoms with Crippen molar-refractivity contribution in [3.8, 4) is 23.0 Å². The van der Waals surface area contributed by atoms with Crippen LogP contribution in [0.25, 0.3) is 21.9 Å². The molecule has 0 atom stereocenters. The van der Waals surface area contributed by atoms with E-state index in [0.29, 0.717) is 12.0 Å². The van der Waals surface area contributed by atoms with Crippen molar-refractivity contribution >= 4 is 10.8 Å². The molecule has 0 N–H and O–H groups in total. The van der Waals surface area contributed by atoms with Crippen LogP contribution in [0.4, 0.5) is 30.7 Å². The average molecular weight is 464 g/mol. The predicted octanol–water partition coefficient (Wildman–Crippen LogP) is 8.27. The molecular weight excluding hydrogens is 445 g/mol. The molecule has 1 saturated carbocycles. The lowest BCUT2D eigenvalue weighted by Crippen LogP contribution is -2.11. The fourth-order valence-corrected chi connectivity index (χ4v) is 4.43. The van der Waals surface area contributed by atoms with Crippen molar-refractivity contribution in [3.05, 3.63) is 70.8 Å². The summed E-state index contributed by atoms with van der Waals surface area (Å²) in [6.45, 7) is 2.19. The van der Waals surface area contributed by atoms with E-state index in [9.17, 15) is 30.7 Å². The standard InChI is InChI=1S/C26H19F7/c1-14-2-4-15(5-3-14)16-6-7-19(21(27)11-16)17-10-18-13-22(28)20(8-9-26(31,32)33)25(30)24(18)23(29)12-17/h6-7,10-15H,2-5H2,1H3. The van der Waals surface area contributed by atoms with Crippen LogP contribution in [0.3, 0.4) is 0 Å². The molecule has 0 bridgehead atoms. The second kappa shape index (κ2) is 8.74. The summed E-state index contributed by atoms with van der Waals surface area (Å²) < 4.78 is 95.6. The van der Waals surface area contributed by atoms with Gasteiger partial charge in [0.05, 0.1) is 10.9 Å². The topological polar surface area (TPSA) is 0 Å². The lowest BCUT2D eigenvalue weighted by atomic mass is 9.79. The van der Waals surface area contributed by atoms with Crippen molar-refractivity contribution in [1.82, 2.24) is 0 Å². The van der Waals surface area contributed by atoms with Crippen molar-refractivity contribution in [3.63, 3.8) is 0 Å². The molecule has 1 aliphatic rings. The van der Waals surface area contributed by atoms with Crippen LogP contribution in [0.2, 0.25) is 0 Å². The van der Waals surface area contributed by atoms with E-state index in [-0.39, 0.29) is 22.4 Å². The summed E-state index contributed by atoms with van der Waals surface area (Å²) in [5.41, 5.74) is -0.196. The molecule has 0 aliphatic heterocycles. The van der Waals surface area contributed by atoms with Gasteiger partial charge in [-0.2, -0.15) is 13.2 Å². The minimum Gasteiger partial charge on any atom is -0.206 e. The first-order chi connectivity index (χ1) is 15.5. The molecule has 3 aromatic carbocycles. The Balaban J connectivity index is 1.74. The Bertz CT molecular complexity index is 1270. The lowest BCUT2D eigenvalue weighted by molar-refractivity contribution is -0.0696. The molecule has 7 heteroatoms. The minimum absolute atomic E-state index is 0.0606. The molecule has 4 rings (SSSR count). The normalized spacial score (nSPS) is 18.8. The maximum Gasteiger partial charge on any atom is 0.458 e. The summed E-state index contributed by atoms with van der Waals surface area (Å²) >= 11 is 0. The first-order valence-corrected chi connectivity index (χ1v) is 10.5. The summed E-state index contributed by atoms with van der Waals surface area (Å²) in [7, 11) is 0. The largest absolute Gasteiger partial charge is 0.458 e. The van der Waals surface area contributed by atoms with Gasteiger partial charge in [-0.1, -0.05) is 37.8 Å². The third-order valence-corrected chi connectivity index (χ3v) is 6.20. The summed E-state index contributed by atoms with van der Waals surface area (Å²) in [5.74, 6) is -1.58. The number of hydrogen-bond acceptors (Lipinski definition) is 0. The Kier molecular flexibility index (Phi) is 6.13. The van der Waals surface area contributed by atoms with Gasteiger partial charge in [0.15, 0.2) is 5.82 Å². The molecule has 33 heavy (non-hydrogen) atoms. The molecule has 0 saturated heterocycles. The third kappa shape index (κ3) is 4.85. The molecule has 0 spiro atoms. The van der Waals surface area contributed by atoms with Gasteiger partial charge in [0.1, 0.15) is 17.5 Å². The minimum atomic E-state index is -4.96. The zero-order valence-corrected chi connectivity index (χ0v) is 17.6. The summed E-state index contributed by atoms with van der Waals surface area (Å²) in [6, 6.07) is 7.48. The summed E-state index contributed by atoms with van der Waals surface area (Å²) in [5, 5.41) is -0.956. The van der Waals surface area contributed by atoms with Gasteiger partial charge in [-0.25, -0.2) is 17.6 Å². The predicted molar refractivity (Wildman–Crippen MR) is 113 cm³/mol. The van der Waals surface area contributed by atoms with Gasteiger partial charge in [0.25, 0.3) is 0 Å². The monoisotopic (exact) mass is 464 g/mol. The van der Waals surface area contributed by atoms with E-state index >= 15 is 0 Å². The van der Waals surface area contributed by atoms with Crippen LogP contribution in [-0.4, -0.2) is 6.18 Å². The van der Waals surface area contributed by atoms with Crippen LogP contribution in [0.15, 0.2) is 36.4 Å². The Morgan fingerprint density at radius 1 is 0.818 bits per heavy atom. The van der Waals surface area contributed by atoms with E-state index < -0.39 is 40.4 Å². The number of benzene rings is 3. The Morgan fingerprint density at radius 2 is 1.52 bits per heavy atom. The molecular formula is C26H19F7. The molecule has 3 aromatic rings. The number of rotatable bonds is 2. The first-order valence-electron chi connectivity index (χ1n) is 10.5. The summed E-state index contributed by atoms with van der Waals surface area (Å²) in [4.78, 5) is 0. The SMILES string of the molecule is CC1CCC(c2ccc(-c3cc(F)c4c(F)c(C#CC(F)(F)F)c(F)cc4c3)c(F)c2)CC1. The Hall–Kier alpha value is -3.01. The van der Waals surface area contributed by atoms with Gasteiger partial charge in [0.2, 0.25) is 0 Å². The van der Waals surface area contributed by atoms with Gasteiger partial charge < -0.3 is 0 Å². The van der Waals surface area contributed by atoms with Crippen LogP contribution in [0.5, 0.6) is 0 Å². The molecule has 1 aliphatic carbocycles. The van der Waals surface area contributed by atoms with Crippen LogP contribution in [-0.2, 0) is 0 Å². The van der Waals surface area contributed by atoms with Crippen LogP contribution in [0, 0.1) is 41.0 Å². The lowest BCUT2D eigenvalue weighted by Gasteiger charge is -2.26. The highest BCUT2D eigenvalue weighted by Gasteiger charge is 2.25. The van der Waals surface area contributed by atoms with Crippen molar-refractivity contribution in [2.75, 3.05) is 0 Å². The van der Waals surface area contributed by atoms with E-state index in [2.05, 4.69) is 6.92 Å².